The van der Waals surface area contributed by atoms with E-state index in [9.17, 15) is 4.39 Å². The van der Waals surface area contributed by atoms with E-state index in [1.165, 1.54) is 12.1 Å². The Labute approximate surface area is 108 Å². The summed E-state index contributed by atoms with van der Waals surface area (Å²) in [6.07, 6.45) is 2.22. The zero-order valence-electron chi connectivity index (χ0n) is 10.4. The third-order valence-corrected chi connectivity index (χ3v) is 2.95. The topological polar surface area (TPSA) is 29.3 Å². The third kappa shape index (κ3) is 3.66. The molecule has 0 fully saturated rings. The molecule has 2 nitrogen and oxygen atoms in total. The summed E-state index contributed by atoms with van der Waals surface area (Å²) in [6.45, 7) is 6.02. The molecule has 0 saturated carbocycles. The molecule has 0 atom stereocenters. The Morgan fingerprint density at radius 2 is 2.12 bits per heavy atom. The molecule has 0 spiro atoms. The van der Waals surface area contributed by atoms with Crippen LogP contribution >= 0.6 is 12.2 Å². The summed E-state index contributed by atoms with van der Waals surface area (Å²) >= 11 is 4.97. The van der Waals surface area contributed by atoms with Gasteiger partial charge in [-0.2, -0.15) is 0 Å². The number of thiocarbonyl (C=S) groups is 1. The van der Waals surface area contributed by atoms with Crippen LogP contribution in [0.25, 0.3) is 0 Å². The van der Waals surface area contributed by atoms with Crippen LogP contribution in [0.15, 0.2) is 18.2 Å². The fourth-order valence-corrected chi connectivity index (χ4v) is 1.94. The van der Waals surface area contributed by atoms with Crippen LogP contribution in [0.3, 0.4) is 0 Å². The van der Waals surface area contributed by atoms with Crippen LogP contribution < -0.4 is 10.6 Å². The van der Waals surface area contributed by atoms with Gasteiger partial charge in [-0.1, -0.05) is 25.6 Å². The highest BCUT2D eigenvalue weighted by atomic mass is 32.1. The van der Waals surface area contributed by atoms with Gasteiger partial charge >= 0.3 is 0 Å². The lowest BCUT2D eigenvalue weighted by molar-refractivity contribution is 0.626. The second-order valence-electron chi connectivity index (χ2n) is 3.96. The van der Waals surface area contributed by atoms with Crippen molar-refractivity contribution >= 4 is 22.9 Å². The number of nitrogens with zero attached hydrogens (tertiary/aromatic N) is 1. The van der Waals surface area contributed by atoms with Crippen LogP contribution in [0.1, 0.15) is 32.3 Å². The van der Waals surface area contributed by atoms with Gasteiger partial charge in [-0.25, -0.2) is 4.39 Å². The van der Waals surface area contributed by atoms with Gasteiger partial charge in [0.15, 0.2) is 0 Å². The van der Waals surface area contributed by atoms with Crippen LogP contribution in [0.2, 0.25) is 0 Å². The highest BCUT2D eigenvalue weighted by molar-refractivity contribution is 7.80. The number of benzene rings is 1. The minimum atomic E-state index is -0.303. The monoisotopic (exact) mass is 254 g/mol. The van der Waals surface area contributed by atoms with E-state index < -0.39 is 0 Å². The molecular weight excluding hydrogens is 235 g/mol. The number of unbranched alkanes of at least 4 members (excludes halogenated alkanes) is 1. The molecule has 0 aliphatic rings. The van der Waals surface area contributed by atoms with Gasteiger partial charge in [-0.05, 0) is 31.5 Å². The van der Waals surface area contributed by atoms with E-state index >= 15 is 0 Å². The average molecular weight is 254 g/mol. The average Bonchev–Trinajstić information content (AvgIpc) is 2.31. The molecular formula is C13H19FN2S. The van der Waals surface area contributed by atoms with Crippen molar-refractivity contribution in [2.24, 2.45) is 5.73 Å². The first-order valence-corrected chi connectivity index (χ1v) is 6.35. The summed E-state index contributed by atoms with van der Waals surface area (Å²) in [4.78, 5) is 2.42. The van der Waals surface area contributed by atoms with Gasteiger partial charge in [-0.15, -0.1) is 0 Å². The first kappa shape index (κ1) is 13.9. The summed E-state index contributed by atoms with van der Waals surface area (Å²) in [6, 6.07) is 4.61. The van der Waals surface area contributed by atoms with Gasteiger partial charge in [0, 0.05) is 24.3 Å². The zero-order valence-corrected chi connectivity index (χ0v) is 11.2. The lowest BCUT2D eigenvalue weighted by Gasteiger charge is -2.25. The maximum atomic E-state index is 13.2. The summed E-state index contributed by atoms with van der Waals surface area (Å²) < 4.78 is 13.2. The highest BCUT2D eigenvalue weighted by Gasteiger charge is 2.12. The van der Waals surface area contributed by atoms with Crippen molar-refractivity contribution in [1.29, 1.82) is 0 Å². The van der Waals surface area contributed by atoms with E-state index in [2.05, 4.69) is 18.7 Å². The SMILES string of the molecule is CCCCN(CC)c1ccc(F)cc1C(N)=S. The quantitative estimate of drug-likeness (QED) is 0.791. The van der Waals surface area contributed by atoms with E-state index in [0.717, 1.165) is 31.6 Å². The molecule has 0 saturated heterocycles. The minimum absolute atomic E-state index is 0.245. The van der Waals surface area contributed by atoms with Gasteiger partial charge in [0.2, 0.25) is 0 Å². The van der Waals surface area contributed by atoms with E-state index in [1.807, 2.05) is 0 Å². The second-order valence-corrected chi connectivity index (χ2v) is 4.40. The molecule has 0 aliphatic heterocycles. The summed E-state index contributed by atoms with van der Waals surface area (Å²) in [7, 11) is 0. The van der Waals surface area contributed by atoms with Crippen molar-refractivity contribution in [3.8, 4) is 0 Å². The number of nitrogens with two attached hydrogens (primary N) is 1. The summed E-state index contributed by atoms with van der Waals surface area (Å²) in [5, 5.41) is 0. The Morgan fingerprint density at radius 1 is 1.41 bits per heavy atom. The molecule has 0 unspecified atom stereocenters. The van der Waals surface area contributed by atoms with E-state index in [-0.39, 0.29) is 10.8 Å². The molecule has 0 aliphatic carbocycles. The largest absolute Gasteiger partial charge is 0.389 e. The fourth-order valence-electron chi connectivity index (χ4n) is 1.78. The van der Waals surface area contributed by atoms with Crippen molar-refractivity contribution in [1.82, 2.24) is 0 Å². The van der Waals surface area contributed by atoms with Gasteiger partial charge in [0.1, 0.15) is 10.8 Å². The first-order chi connectivity index (χ1) is 8.10. The molecule has 1 aromatic rings. The molecule has 17 heavy (non-hydrogen) atoms. The predicted octanol–water partition coefficient (Wildman–Crippen LogP) is 3.09. The predicted molar refractivity (Wildman–Crippen MR) is 75.1 cm³/mol. The Balaban J connectivity index is 3.05. The van der Waals surface area contributed by atoms with Crippen LogP contribution in [-0.2, 0) is 0 Å². The van der Waals surface area contributed by atoms with Gasteiger partial charge < -0.3 is 10.6 Å². The van der Waals surface area contributed by atoms with E-state index in [1.54, 1.807) is 6.07 Å². The Morgan fingerprint density at radius 3 is 2.65 bits per heavy atom. The van der Waals surface area contributed by atoms with Crippen LogP contribution in [0.4, 0.5) is 10.1 Å². The van der Waals surface area contributed by atoms with Gasteiger partial charge in [0.05, 0.1) is 0 Å². The van der Waals surface area contributed by atoms with Gasteiger partial charge in [0.25, 0.3) is 0 Å². The molecule has 1 aromatic carbocycles. The third-order valence-electron chi connectivity index (χ3n) is 2.73. The van der Waals surface area contributed by atoms with Gasteiger partial charge in [-0.3, -0.25) is 0 Å². The molecule has 2 N–H and O–H groups in total. The van der Waals surface area contributed by atoms with Crippen molar-refractivity contribution < 1.29 is 4.39 Å². The molecule has 0 heterocycles. The number of hydrogen-bond donors (Lipinski definition) is 1. The number of hydrogen-bond acceptors (Lipinski definition) is 2. The molecule has 0 bridgehead atoms. The maximum absolute atomic E-state index is 13.2. The number of anilines is 1. The highest BCUT2D eigenvalue weighted by Crippen LogP contribution is 2.22. The Hall–Kier alpha value is -1.16. The lowest BCUT2D eigenvalue weighted by Crippen LogP contribution is -2.27. The number of rotatable bonds is 6. The molecule has 0 aromatic heterocycles. The normalized spacial score (nSPS) is 10.3. The standard InChI is InChI=1S/C13H19FN2S/c1-3-5-8-16(4-2)12-7-6-10(14)9-11(12)13(15)17/h6-7,9H,3-5,8H2,1-2H3,(H2,15,17). The van der Waals surface area contributed by atoms with Crippen LogP contribution in [0.5, 0.6) is 0 Å². The molecule has 4 heteroatoms. The summed E-state index contributed by atoms with van der Waals surface area (Å²) in [5.74, 6) is -0.303. The Bertz CT molecular complexity index is 393. The first-order valence-electron chi connectivity index (χ1n) is 5.94. The lowest BCUT2D eigenvalue weighted by atomic mass is 10.1. The van der Waals surface area contributed by atoms with Crippen molar-refractivity contribution in [2.45, 2.75) is 26.7 Å². The maximum Gasteiger partial charge on any atom is 0.124 e. The summed E-state index contributed by atoms with van der Waals surface area (Å²) in [5.41, 5.74) is 7.19. The smallest absolute Gasteiger partial charge is 0.124 e. The van der Waals surface area contributed by atoms with Crippen molar-refractivity contribution in [3.05, 3.63) is 29.6 Å². The van der Waals surface area contributed by atoms with E-state index in [4.69, 9.17) is 18.0 Å². The molecule has 94 valence electrons. The van der Waals surface area contributed by atoms with Crippen LogP contribution in [-0.4, -0.2) is 18.1 Å². The fraction of sp³-hybridized carbons (Fsp3) is 0.462. The zero-order chi connectivity index (χ0) is 12.8. The van der Waals surface area contributed by atoms with Crippen LogP contribution in [0, 0.1) is 5.82 Å². The second kappa shape index (κ2) is 6.55. The molecule has 0 amide bonds. The minimum Gasteiger partial charge on any atom is -0.389 e. The molecule has 1 rings (SSSR count). The van der Waals surface area contributed by atoms with Crippen molar-refractivity contribution in [2.75, 3.05) is 18.0 Å². The Kier molecular flexibility index (Phi) is 5.35. The van der Waals surface area contributed by atoms with E-state index in [0.29, 0.717) is 5.56 Å². The number of halogens is 1. The molecule has 0 radical (unpaired) electrons. The van der Waals surface area contributed by atoms with Crippen molar-refractivity contribution in [3.63, 3.8) is 0 Å².